The molecule has 4 heterocycles. The van der Waals surface area contributed by atoms with Gasteiger partial charge >= 0.3 is 0 Å². The molecule has 5 atom stereocenters. The van der Waals surface area contributed by atoms with E-state index >= 15 is 4.39 Å². The lowest BCUT2D eigenvalue weighted by Crippen LogP contribution is -2.41. The number of aromatic nitrogens is 3. The molecule has 2 fully saturated rings. The van der Waals surface area contributed by atoms with Crippen LogP contribution in [0.5, 0.6) is 0 Å². The summed E-state index contributed by atoms with van der Waals surface area (Å²) in [6, 6.07) is 6.35. The Balaban J connectivity index is 1.47. The lowest BCUT2D eigenvalue weighted by Gasteiger charge is -2.36. The summed E-state index contributed by atoms with van der Waals surface area (Å²) in [5, 5.41) is 1.17. The molecule has 216 valence electrons. The number of hydrogen-bond acceptors (Lipinski definition) is 7. The highest BCUT2D eigenvalue weighted by Crippen LogP contribution is 2.45. The van der Waals surface area contributed by atoms with Crippen LogP contribution in [0.15, 0.2) is 36.8 Å². The zero-order chi connectivity index (χ0) is 29.2. The van der Waals surface area contributed by atoms with Crippen LogP contribution in [0.4, 0.5) is 4.39 Å². The molecule has 2 aliphatic heterocycles. The maximum atomic E-state index is 15.8. The Morgan fingerprint density at radius 1 is 1.18 bits per heavy atom. The van der Waals surface area contributed by atoms with Crippen molar-refractivity contribution < 1.29 is 27.8 Å². The molecular formula is C28H34Cl2FN3O5Si. The predicted octanol–water partition coefficient (Wildman–Crippen LogP) is 7.07. The number of fused-ring (bicyclic) bond motifs is 2. The van der Waals surface area contributed by atoms with Gasteiger partial charge in [-0.3, -0.25) is 4.79 Å². The number of carbonyl (C=O) groups excluding carboxylic acids is 1. The van der Waals surface area contributed by atoms with E-state index < -0.39 is 50.6 Å². The van der Waals surface area contributed by atoms with E-state index in [1.165, 1.54) is 18.5 Å². The maximum Gasteiger partial charge on any atom is 0.194 e. The second-order valence-corrected chi connectivity index (χ2v) is 17.9. The van der Waals surface area contributed by atoms with Crippen molar-refractivity contribution >= 4 is 48.3 Å². The molecule has 3 aromatic rings. The molecule has 0 unspecified atom stereocenters. The Bertz CT molecular complexity index is 1440. The summed E-state index contributed by atoms with van der Waals surface area (Å²) in [4.78, 5) is 22.5. The molecule has 0 spiro atoms. The SMILES string of the molecule is CC1(C)O[C@@H]2[C@H](O1)[C@H](C(=O)c1ccc(Cl)cc1[C@@H](F)CO[Si](C)(C)C(C)(C)C)O[C@H]2n1ccc2c(Cl)ncnc21. The summed E-state index contributed by atoms with van der Waals surface area (Å²) < 4.78 is 42.4. The number of carbonyl (C=O) groups is 1. The molecule has 12 heteroatoms. The number of Topliss-reactive ketones (excluding diaryl/α,β-unsaturated/α-hetero) is 1. The molecule has 2 aromatic heterocycles. The number of nitrogens with zero attached hydrogens (tertiary/aromatic N) is 3. The van der Waals surface area contributed by atoms with Gasteiger partial charge in [-0.2, -0.15) is 0 Å². The van der Waals surface area contributed by atoms with E-state index in [4.69, 9.17) is 41.8 Å². The molecule has 0 bridgehead atoms. The molecule has 0 saturated carbocycles. The van der Waals surface area contributed by atoms with Crippen LogP contribution in [0, 0.1) is 0 Å². The van der Waals surface area contributed by atoms with Crippen molar-refractivity contribution in [3.63, 3.8) is 0 Å². The van der Waals surface area contributed by atoms with E-state index in [1.54, 1.807) is 36.7 Å². The van der Waals surface area contributed by atoms with E-state index in [-0.39, 0.29) is 22.8 Å². The topological polar surface area (TPSA) is 84.7 Å². The van der Waals surface area contributed by atoms with Gasteiger partial charge in [0.05, 0.1) is 12.0 Å². The molecule has 8 nitrogen and oxygen atoms in total. The minimum absolute atomic E-state index is 0.0915. The Kier molecular flexibility index (Phi) is 7.70. The summed E-state index contributed by atoms with van der Waals surface area (Å²) in [5.74, 6) is -1.39. The Hall–Kier alpha value is -1.92. The molecule has 0 radical (unpaired) electrons. The van der Waals surface area contributed by atoms with Crippen LogP contribution in [0.1, 0.15) is 62.9 Å². The molecular weight excluding hydrogens is 576 g/mol. The zero-order valence-corrected chi connectivity index (χ0v) is 26.1. The Morgan fingerprint density at radius 2 is 1.88 bits per heavy atom. The van der Waals surface area contributed by atoms with E-state index in [0.717, 1.165) is 0 Å². The largest absolute Gasteiger partial charge is 0.414 e. The highest BCUT2D eigenvalue weighted by Gasteiger charge is 2.58. The quantitative estimate of drug-likeness (QED) is 0.161. The number of ketones is 1. The van der Waals surface area contributed by atoms with Crippen LogP contribution in [-0.4, -0.2) is 59.3 Å². The van der Waals surface area contributed by atoms with Gasteiger partial charge in [0.15, 0.2) is 32.2 Å². The number of hydrogen-bond donors (Lipinski definition) is 0. The van der Waals surface area contributed by atoms with E-state index in [1.807, 2.05) is 0 Å². The number of halogens is 3. The number of alkyl halides is 1. The van der Waals surface area contributed by atoms with E-state index in [9.17, 15) is 4.79 Å². The number of ether oxygens (including phenoxy) is 3. The third-order valence-corrected chi connectivity index (χ3v) is 13.1. The van der Waals surface area contributed by atoms with Gasteiger partial charge in [-0.05, 0) is 56.2 Å². The van der Waals surface area contributed by atoms with Crippen LogP contribution >= 0.6 is 23.2 Å². The average Bonchev–Trinajstić information content (AvgIpc) is 3.52. The highest BCUT2D eigenvalue weighted by atomic mass is 35.5. The third-order valence-electron chi connectivity index (χ3n) is 8.04. The zero-order valence-electron chi connectivity index (χ0n) is 23.6. The maximum absolute atomic E-state index is 15.8. The molecule has 0 aliphatic carbocycles. The first kappa shape index (κ1) is 29.6. The minimum Gasteiger partial charge on any atom is -0.414 e. The summed E-state index contributed by atoms with van der Waals surface area (Å²) in [6.07, 6.45) is -1.64. The fourth-order valence-electron chi connectivity index (χ4n) is 4.92. The van der Waals surface area contributed by atoms with E-state index in [2.05, 4.69) is 43.8 Å². The Labute approximate surface area is 244 Å². The first-order valence-electron chi connectivity index (χ1n) is 13.2. The van der Waals surface area contributed by atoms with Gasteiger partial charge < -0.3 is 23.2 Å². The second-order valence-electron chi connectivity index (χ2n) is 12.3. The molecule has 5 rings (SSSR count). The van der Waals surface area contributed by atoms with Gasteiger partial charge in [-0.15, -0.1) is 0 Å². The van der Waals surface area contributed by atoms with Crippen molar-refractivity contribution in [1.82, 2.24) is 14.5 Å². The molecule has 2 saturated heterocycles. The number of benzene rings is 1. The first-order chi connectivity index (χ1) is 18.6. The summed E-state index contributed by atoms with van der Waals surface area (Å²) >= 11 is 12.5. The molecule has 0 amide bonds. The molecule has 40 heavy (non-hydrogen) atoms. The van der Waals surface area contributed by atoms with Crippen molar-refractivity contribution in [3.05, 3.63) is 58.1 Å². The van der Waals surface area contributed by atoms with E-state index in [0.29, 0.717) is 21.2 Å². The minimum atomic E-state index is -2.23. The van der Waals surface area contributed by atoms with Crippen molar-refractivity contribution in [3.8, 4) is 0 Å². The molecule has 0 N–H and O–H groups in total. The highest BCUT2D eigenvalue weighted by molar-refractivity contribution is 6.74. The van der Waals surface area contributed by atoms with Gasteiger partial charge in [0, 0.05) is 22.3 Å². The monoisotopic (exact) mass is 609 g/mol. The Morgan fingerprint density at radius 3 is 2.58 bits per heavy atom. The smallest absolute Gasteiger partial charge is 0.194 e. The third kappa shape index (κ3) is 5.35. The summed E-state index contributed by atoms with van der Waals surface area (Å²) in [5.41, 5.74) is 0.851. The number of rotatable bonds is 7. The molecule has 1 aromatic carbocycles. The second kappa shape index (κ2) is 10.4. The van der Waals surface area contributed by atoms with Gasteiger partial charge in [0.25, 0.3) is 0 Å². The summed E-state index contributed by atoms with van der Waals surface area (Å²) in [7, 11) is -2.23. The van der Waals surface area contributed by atoms with Crippen molar-refractivity contribution in [2.45, 2.75) is 89.2 Å². The van der Waals surface area contributed by atoms with Crippen LogP contribution < -0.4 is 0 Å². The van der Waals surface area contributed by atoms with Gasteiger partial charge in [0.1, 0.15) is 35.5 Å². The average molecular weight is 611 g/mol. The van der Waals surface area contributed by atoms with Crippen LogP contribution in [0.3, 0.4) is 0 Å². The van der Waals surface area contributed by atoms with Gasteiger partial charge in [-0.25, -0.2) is 14.4 Å². The lowest BCUT2D eigenvalue weighted by molar-refractivity contribution is -0.190. The van der Waals surface area contributed by atoms with Crippen molar-refractivity contribution in [2.24, 2.45) is 0 Å². The first-order valence-corrected chi connectivity index (χ1v) is 16.9. The summed E-state index contributed by atoms with van der Waals surface area (Å²) in [6.45, 7) is 13.7. The fraction of sp³-hybridized carbons (Fsp3) is 0.536. The standard InChI is InChI=1S/C28H34Cl2FN3O5Si/c1-27(2,3)40(6,7)36-13-19(31)18-12-15(29)8-9-16(18)20(35)21-22-23(39-28(4,5)38-22)26(37-21)34-11-10-17-24(30)32-14-33-25(17)34/h8-12,14,19,21-23,26H,13H2,1-7H3/t19-,21-,22+,23+,26+/m0/s1. The van der Waals surface area contributed by atoms with Crippen LogP contribution in [0.25, 0.3) is 11.0 Å². The predicted molar refractivity (Wildman–Crippen MR) is 153 cm³/mol. The lowest BCUT2D eigenvalue weighted by atomic mass is 9.94. The normalized spacial score (nSPS) is 25.4. The van der Waals surface area contributed by atoms with Crippen LogP contribution in [0.2, 0.25) is 28.3 Å². The fourth-order valence-corrected chi connectivity index (χ4v) is 6.28. The molecule has 2 aliphatic rings. The van der Waals surface area contributed by atoms with Gasteiger partial charge in [0.2, 0.25) is 0 Å². The van der Waals surface area contributed by atoms with Crippen LogP contribution in [-0.2, 0) is 18.6 Å². The van der Waals surface area contributed by atoms with Crippen molar-refractivity contribution in [2.75, 3.05) is 6.61 Å². The van der Waals surface area contributed by atoms with Crippen molar-refractivity contribution in [1.29, 1.82) is 0 Å². The van der Waals surface area contributed by atoms with Gasteiger partial charge in [-0.1, -0.05) is 44.0 Å².